The van der Waals surface area contributed by atoms with Gasteiger partial charge in [-0.05, 0) is 11.6 Å². The van der Waals surface area contributed by atoms with Crippen molar-refractivity contribution >= 4 is 12.2 Å². The summed E-state index contributed by atoms with van der Waals surface area (Å²) in [6.45, 7) is 0.683. The summed E-state index contributed by atoms with van der Waals surface area (Å²) < 4.78 is 5.07. The highest BCUT2D eigenvalue weighted by atomic mass is 16.6. The zero-order chi connectivity index (χ0) is 10.5. The van der Waals surface area contributed by atoms with Gasteiger partial charge in [0.1, 0.15) is 6.10 Å². The maximum Gasteiger partial charge on any atom is 0.407 e. The fourth-order valence-electron chi connectivity index (χ4n) is 1.47. The first-order chi connectivity index (χ1) is 7.34. The third kappa shape index (κ3) is 2.84. The summed E-state index contributed by atoms with van der Waals surface area (Å²) in [7, 11) is 0. The Morgan fingerprint density at radius 2 is 2.13 bits per heavy atom. The van der Waals surface area contributed by atoms with Crippen LogP contribution in [0.25, 0.3) is 6.08 Å². The zero-order valence-corrected chi connectivity index (χ0v) is 8.35. The van der Waals surface area contributed by atoms with Gasteiger partial charge in [-0.3, -0.25) is 0 Å². The molecule has 1 aliphatic heterocycles. The highest BCUT2D eigenvalue weighted by Crippen LogP contribution is 2.08. The lowest BCUT2D eigenvalue weighted by Crippen LogP contribution is -2.36. The molecule has 1 N–H and O–H groups in total. The number of cyclic esters (lactones) is 1. The number of benzene rings is 1. The number of alkyl carbamates (subject to hydrolysis) is 1. The standard InChI is InChI=1S/C12H13NO2/c14-12-13-9-8-11(15-12)7-6-10-4-2-1-3-5-10/h1-7,11H,8-9H2,(H,13,14)/b7-6+. The molecular weight excluding hydrogens is 190 g/mol. The van der Waals surface area contributed by atoms with Gasteiger partial charge < -0.3 is 10.1 Å². The fraction of sp³-hybridized carbons (Fsp3) is 0.250. The zero-order valence-electron chi connectivity index (χ0n) is 8.35. The minimum Gasteiger partial charge on any atom is -0.442 e. The third-order valence-electron chi connectivity index (χ3n) is 2.26. The van der Waals surface area contributed by atoms with Gasteiger partial charge in [-0.15, -0.1) is 0 Å². The molecule has 0 radical (unpaired) electrons. The van der Waals surface area contributed by atoms with E-state index in [2.05, 4.69) is 5.32 Å². The summed E-state index contributed by atoms with van der Waals surface area (Å²) in [6.07, 6.45) is 4.30. The molecule has 3 nitrogen and oxygen atoms in total. The average Bonchev–Trinajstić information content (AvgIpc) is 2.28. The Morgan fingerprint density at radius 1 is 1.33 bits per heavy atom. The first-order valence-corrected chi connectivity index (χ1v) is 5.02. The number of nitrogens with one attached hydrogen (secondary N) is 1. The van der Waals surface area contributed by atoms with E-state index in [0.29, 0.717) is 6.54 Å². The van der Waals surface area contributed by atoms with Gasteiger partial charge in [0.2, 0.25) is 0 Å². The number of carbonyl (C=O) groups excluding carboxylic acids is 1. The molecule has 15 heavy (non-hydrogen) atoms. The van der Waals surface area contributed by atoms with Gasteiger partial charge in [-0.1, -0.05) is 36.4 Å². The molecule has 1 aromatic rings. The SMILES string of the molecule is O=C1NCCC(/C=C/c2ccccc2)O1. The number of rotatable bonds is 2. The lowest BCUT2D eigenvalue weighted by atomic mass is 10.1. The lowest BCUT2D eigenvalue weighted by molar-refractivity contribution is 0.0980. The van der Waals surface area contributed by atoms with Crippen LogP contribution < -0.4 is 5.32 Å². The van der Waals surface area contributed by atoms with Crippen LogP contribution in [0.3, 0.4) is 0 Å². The highest BCUT2D eigenvalue weighted by Gasteiger charge is 2.16. The minimum absolute atomic E-state index is 0.0982. The van der Waals surface area contributed by atoms with Gasteiger partial charge in [0.15, 0.2) is 0 Å². The van der Waals surface area contributed by atoms with E-state index in [4.69, 9.17) is 4.74 Å². The van der Waals surface area contributed by atoms with Crippen LogP contribution in [0.15, 0.2) is 36.4 Å². The molecule has 0 bridgehead atoms. The van der Waals surface area contributed by atoms with Crippen molar-refractivity contribution in [3.05, 3.63) is 42.0 Å². The Hall–Kier alpha value is -1.77. The molecule has 1 heterocycles. The van der Waals surface area contributed by atoms with Crippen molar-refractivity contribution in [1.82, 2.24) is 5.32 Å². The Kier molecular flexibility index (Phi) is 3.02. The summed E-state index contributed by atoms with van der Waals surface area (Å²) in [5, 5.41) is 2.62. The fourth-order valence-corrected chi connectivity index (χ4v) is 1.47. The predicted molar refractivity (Wildman–Crippen MR) is 58.4 cm³/mol. The normalized spacial score (nSPS) is 21.1. The number of hydrogen-bond acceptors (Lipinski definition) is 2. The Morgan fingerprint density at radius 3 is 2.87 bits per heavy atom. The summed E-state index contributed by atoms with van der Waals surface area (Å²) in [4.78, 5) is 10.9. The van der Waals surface area contributed by atoms with Crippen LogP contribution >= 0.6 is 0 Å². The Labute approximate surface area is 88.8 Å². The first-order valence-electron chi connectivity index (χ1n) is 5.02. The highest BCUT2D eigenvalue weighted by molar-refractivity contribution is 5.68. The molecule has 1 unspecified atom stereocenters. The molecule has 1 atom stereocenters. The molecule has 1 aliphatic rings. The first kappa shape index (κ1) is 9.77. The van der Waals surface area contributed by atoms with Crippen molar-refractivity contribution in [2.75, 3.05) is 6.54 Å². The molecule has 0 saturated carbocycles. The van der Waals surface area contributed by atoms with Crippen LogP contribution in [0.4, 0.5) is 4.79 Å². The molecule has 2 rings (SSSR count). The summed E-state index contributed by atoms with van der Waals surface area (Å²) in [5.74, 6) is 0. The third-order valence-corrected chi connectivity index (χ3v) is 2.26. The smallest absolute Gasteiger partial charge is 0.407 e. The predicted octanol–water partition coefficient (Wildman–Crippen LogP) is 2.20. The Bertz CT molecular complexity index is 359. The van der Waals surface area contributed by atoms with E-state index in [0.717, 1.165) is 12.0 Å². The molecule has 1 aromatic carbocycles. The second kappa shape index (κ2) is 4.64. The van der Waals surface area contributed by atoms with Crippen LogP contribution in [0.5, 0.6) is 0 Å². The van der Waals surface area contributed by atoms with E-state index in [1.165, 1.54) is 0 Å². The molecule has 1 amide bonds. The second-order valence-electron chi connectivity index (χ2n) is 3.43. The van der Waals surface area contributed by atoms with Crippen LogP contribution in [0.2, 0.25) is 0 Å². The van der Waals surface area contributed by atoms with E-state index in [1.807, 2.05) is 42.5 Å². The topological polar surface area (TPSA) is 38.3 Å². The van der Waals surface area contributed by atoms with Crippen LogP contribution in [-0.4, -0.2) is 18.7 Å². The summed E-state index contributed by atoms with van der Waals surface area (Å²) in [5.41, 5.74) is 1.12. The van der Waals surface area contributed by atoms with Gasteiger partial charge in [-0.25, -0.2) is 4.79 Å². The van der Waals surface area contributed by atoms with Crippen LogP contribution in [0, 0.1) is 0 Å². The van der Waals surface area contributed by atoms with Gasteiger partial charge in [0.25, 0.3) is 0 Å². The van der Waals surface area contributed by atoms with Gasteiger partial charge in [0, 0.05) is 13.0 Å². The number of ether oxygens (including phenoxy) is 1. The van der Waals surface area contributed by atoms with Crippen molar-refractivity contribution in [3.63, 3.8) is 0 Å². The molecule has 1 saturated heterocycles. The summed E-state index contributed by atoms with van der Waals surface area (Å²) >= 11 is 0. The molecule has 3 heteroatoms. The van der Waals surface area contributed by atoms with Crippen LogP contribution in [0.1, 0.15) is 12.0 Å². The number of hydrogen-bond donors (Lipinski definition) is 1. The molecule has 0 aliphatic carbocycles. The molecule has 0 aromatic heterocycles. The van der Waals surface area contributed by atoms with E-state index >= 15 is 0 Å². The van der Waals surface area contributed by atoms with Crippen molar-refractivity contribution in [1.29, 1.82) is 0 Å². The van der Waals surface area contributed by atoms with E-state index in [1.54, 1.807) is 0 Å². The van der Waals surface area contributed by atoms with Gasteiger partial charge in [-0.2, -0.15) is 0 Å². The quantitative estimate of drug-likeness (QED) is 0.800. The van der Waals surface area contributed by atoms with Crippen molar-refractivity contribution < 1.29 is 9.53 Å². The largest absolute Gasteiger partial charge is 0.442 e. The molecular formula is C12H13NO2. The monoisotopic (exact) mass is 203 g/mol. The van der Waals surface area contributed by atoms with E-state index in [-0.39, 0.29) is 12.2 Å². The molecule has 1 fully saturated rings. The Balaban J connectivity index is 1.96. The second-order valence-corrected chi connectivity index (χ2v) is 3.43. The van der Waals surface area contributed by atoms with Crippen molar-refractivity contribution in [3.8, 4) is 0 Å². The average molecular weight is 203 g/mol. The van der Waals surface area contributed by atoms with Gasteiger partial charge in [0.05, 0.1) is 0 Å². The lowest BCUT2D eigenvalue weighted by Gasteiger charge is -2.20. The van der Waals surface area contributed by atoms with E-state index in [9.17, 15) is 4.79 Å². The van der Waals surface area contributed by atoms with Crippen molar-refractivity contribution in [2.24, 2.45) is 0 Å². The minimum atomic E-state index is -0.330. The van der Waals surface area contributed by atoms with Crippen LogP contribution in [-0.2, 0) is 4.74 Å². The van der Waals surface area contributed by atoms with E-state index < -0.39 is 0 Å². The van der Waals surface area contributed by atoms with Crippen molar-refractivity contribution in [2.45, 2.75) is 12.5 Å². The maximum atomic E-state index is 10.9. The molecule has 0 spiro atoms. The number of amides is 1. The summed E-state index contributed by atoms with van der Waals surface area (Å²) in [6, 6.07) is 9.96. The maximum absolute atomic E-state index is 10.9. The molecule has 78 valence electrons. The van der Waals surface area contributed by atoms with Gasteiger partial charge >= 0.3 is 6.09 Å². The number of carbonyl (C=O) groups is 1.